The zero-order chi connectivity index (χ0) is 9.69. The predicted molar refractivity (Wildman–Crippen MR) is 44.2 cm³/mol. The van der Waals surface area contributed by atoms with E-state index in [0.717, 1.165) is 0 Å². The van der Waals surface area contributed by atoms with E-state index in [2.05, 4.69) is 0 Å². The van der Waals surface area contributed by atoms with Crippen molar-refractivity contribution in [3.8, 4) is 0 Å². The summed E-state index contributed by atoms with van der Waals surface area (Å²) in [6.45, 7) is 4.23. The second-order valence-corrected chi connectivity index (χ2v) is 4.42. The number of ether oxygens (including phenoxy) is 2. The Bertz CT molecular complexity index is 234. The fraction of sp³-hybridized carbons (Fsp3) is 0.889. The Morgan fingerprint density at radius 2 is 2.15 bits per heavy atom. The maximum Gasteiger partial charge on any atom is 0.306 e. The molecule has 2 heterocycles. The molecule has 2 rings (SSSR count). The molecule has 0 saturated carbocycles. The number of carboxylic acid groups (broad SMARTS) is 1. The van der Waals surface area contributed by atoms with Crippen LogP contribution in [0.1, 0.15) is 26.7 Å². The molecule has 2 saturated heterocycles. The second-order valence-electron chi connectivity index (χ2n) is 4.42. The van der Waals surface area contributed by atoms with Crippen LogP contribution in [0.3, 0.4) is 0 Å². The van der Waals surface area contributed by atoms with Crippen molar-refractivity contribution in [3.63, 3.8) is 0 Å². The standard InChI is InChI=1S/C9H14O4/c1-8-3-6(7(10)11)4-9(2,13-8)12-5-8/h6H,3-5H2,1-2H3,(H,10,11). The molecule has 2 bridgehead atoms. The highest BCUT2D eigenvalue weighted by atomic mass is 16.8. The van der Waals surface area contributed by atoms with Crippen LogP contribution in [-0.4, -0.2) is 29.1 Å². The van der Waals surface area contributed by atoms with Crippen molar-refractivity contribution in [2.75, 3.05) is 6.61 Å². The summed E-state index contributed by atoms with van der Waals surface area (Å²) in [7, 11) is 0. The molecule has 3 atom stereocenters. The highest BCUT2D eigenvalue weighted by molar-refractivity contribution is 5.70. The number of aliphatic carboxylic acids is 1. The van der Waals surface area contributed by atoms with E-state index in [1.807, 2.05) is 13.8 Å². The molecule has 4 heteroatoms. The van der Waals surface area contributed by atoms with E-state index in [1.54, 1.807) is 0 Å². The second kappa shape index (κ2) is 2.45. The lowest BCUT2D eigenvalue weighted by molar-refractivity contribution is -0.213. The molecule has 0 aromatic heterocycles. The van der Waals surface area contributed by atoms with Gasteiger partial charge in [0.1, 0.15) is 0 Å². The van der Waals surface area contributed by atoms with Gasteiger partial charge in [-0.3, -0.25) is 4.79 Å². The quantitative estimate of drug-likeness (QED) is 0.663. The van der Waals surface area contributed by atoms with Crippen LogP contribution in [-0.2, 0) is 14.3 Å². The van der Waals surface area contributed by atoms with Crippen LogP contribution >= 0.6 is 0 Å². The van der Waals surface area contributed by atoms with E-state index in [4.69, 9.17) is 14.6 Å². The minimum Gasteiger partial charge on any atom is -0.481 e. The van der Waals surface area contributed by atoms with Gasteiger partial charge in [0.2, 0.25) is 0 Å². The molecule has 0 spiro atoms. The molecule has 3 unspecified atom stereocenters. The summed E-state index contributed by atoms with van der Waals surface area (Å²) >= 11 is 0. The number of hydrogen-bond acceptors (Lipinski definition) is 3. The molecule has 2 fully saturated rings. The molecule has 2 aliphatic heterocycles. The zero-order valence-corrected chi connectivity index (χ0v) is 7.87. The molecule has 0 radical (unpaired) electrons. The van der Waals surface area contributed by atoms with Gasteiger partial charge in [0.05, 0.1) is 18.1 Å². The van der Waals surface area contributed by atoms with Crippen LogP contribution in [0.15, 0.2) is 0 Å². The average molecular weight is 186 g/mol. The third-order valence-corrected chi connectivity index (χ3v) is 2.79. The topological polar surface area (TPSA) is 55.8 Å². The number of hydrogen-bond donors (Lipinski definition) is 1. The van der Waals surface area contributed by atoms with Gasteiger partial charge in [-0.25, -0.2) is 0 Å². The van der Waals surface area contributed by atoms with Gasteiger partial charge in [-0.05, 0) is 20.3 Å². The Kier molecular flexibility index (Phi) is 1.69. The fourth-order valence-electron chi connectivity index (χ4n) is 2.30. The van der Waals surface area contributed by atoms with E-state index in [-0.39, 0.29) is 5.92 Å². The molecular formula is C9H14O4. The maximum absolute atomic E-state index is 10.8. The van der Waals surface area contributed by atoms with Crippen LogP contribution in [0.25, 0.3) is 0 Å². The highest BCUT2D eigenvalue weighted by Crippen LogP contribution is 2.45. The lowest BCUT2D eigenvalue weighted by Crippen LogP contribution is -2.43. The van der Waals surface area contributed by atoms with Crippen LogP contribution in [0, 0.1) is 5.92 Å². The average Bonchev–Trinajstić information content (AvgIpc) is 2.20. The lowest BCUT2D eigenvalue weighted by atomic mass is 9.86. The molecule has 0 aliphatic carbocycles. The van der Waals surface area contributed by atoms with Crippen LogP contribution < -0.4 is 0 Å². The Morgan fingerprint density at radius 3 is 2.69 bits per heavy atom. The summed E-state index contributed by atoms with van der Waals surface area (Å²) in [5.74, 6) is -1.74. The summed E-state index contributed by atoms with van der Waals surface area (Å²) < 4.78 is 11.1. The van der Waals surface area contributed by atoms with Gasteiger partial charge in [0.25, 0.3) is 0 Å². The summed E-state index contributed by atoms with van der Waals surface area (Å²) in [6, 6.07) is 0. The molecule has 13 heavy (non-hydrogen) atoms. The van der Waals surface area contributed by atoms with Gasteiger partial charge in [-0.15, -0.1) is 0 Å². The first-order valence-corrected chi connectivity index (χ1v) is 4.49. The van der Waals surface area contributed by atoms with Gasteiger partial charge in [-0.1, -0.05) is 0 Å². The van der Waals surface area contributed by atoms with E-state index < -0.39 is 17.4 Å². The fourth-order valence-corrected chi connectivity index (χ4v) is 2.30. The van der Waals surface area contributed by atoms with Crippen LogP contribution in [0.2, 0.25) is 0 Å². The Balaban J connectivity index is 2.20. The molecule has 0 aromatic rings. The molecule has 1 N–H and O–H groups in total. The van der Waals surface area contributed by atoms with Crippen molar-refractivity contribution >= 4 is 5.97 Å². The van der Waals surface area contributed by atoms with Crippen molar-refractivity contribution in [1.29, 1.82) is 0 Å². The smallest absolute Gasteiger partial charge is 0.306 e. The lowest BCUT2D eigenvalue weighted by Gasteiger charge is -2.36. The van der Waals surface area contributed by atoms with Crippen molar-refractivity contribution in [2.45, 2.75) is 38.1 Å². The van der Waals surface area contributed by atoms with Crippen LogP contribution in [0.4, 0.5) is 0 Å². The van der Waals surface area contributed by atoms with Gasteiger partial charge in [-0.2, -0.15) is 0 Å². The normalized spacial score (nSPS) is 49.2. The first kappa shape index (κ1) is 8.97. The van der Waals surface area contributed by atoms with Crippen molar-refractivity contribution in [2.24, 2.45) is 5.92 Å². The number of fused-ring (bicyclic) bond motifs is 2. The predicted octanol–water partition coefficient (Wildman–Crippen LogP) is 1.00. The maximum atomic E-state index is 10.8. The molecule has 74 valence electrons. The Morgan fingerprint density at radius 1 is 1.46 bits per heavy atom. The van der Waals surface area contributed by atoms with Gasteiger partial charge in [0, 0.05) is 6.42 Å². The first-order chi connectivity index (χ1) is 5.93. The summed E-state index contributed by atoms with van der Waals surface area (Å²) in [5.41, 5.74) is -0.393. The summed E-state index contributed by atoms with van der Waals surface area (Å²) in [5, 5.41) is 8.92. The Labute approximate surface area is 76.8 Å². The number of carboxylic acids is 1. The minimum absolute atomic E-state index is 0.328. The van der Waals surface area contributed by atoms with E-state index in [1.165, 1.54) is 0 Å². The molecule has 4 nitrogen and oxygen atoms in total. The Hall–Kier alpha value is -0.610. The number of carbonyl (C=O) groups is 1. The largest absolute Gasteiger partial charge is 0.481 e. The first-order valence-electron chi connectivity index (χ1n) is 4.49. The zero-order valence-electron chi connectivity index (χ0n) is 7.87. The van der Waals surface area contributed by atoms with Crippen molar-refractivity contribution in [1.82, 2.24) is 0 Å². The van der Waals surface area contributed by atoms with Crippen molar-refractivity contribution in [3.05, 3.63) is 0 Å². The van der Waals surface area contributed by atoms with Gasteiger partial charge >= 0.3 is 5.97 Å². The summed E-state index contributed by atoms with van der Waals surface area (Å²) in [6.07, 6.45) is 1.01. The minimum atomic E-state index is -0.744. The van der Waals surface area contributed by atoms with E-state index >= 15 is 0 Å². The molecular weight excluding hydrogens is 172 g/mol. The van der Waals surface area contributed by atoms with Crippen molar-refractivity contribution < 1.29 is 19.4 Å². The van der Waals surface area contributed by atoms with E-state index in [9.17, 15) is 4.79 Å². The monoisotopic (exact) mass is 186 g/mol. The van der Waals surface area contributed by atoms with Gasteiger partial charge < -0.3 is 14.6 Å². The SMILES string of the molecule is CC12COC(C)(CC(C(=O)O)C1)O2. The molecule has 0 aromatic carbocycles. The molecule has 0 amide bonds. The van der Waals surface area contributed by atoms with E-state index in [0.29, 0.717) is 19.4 Å². The number of rotatable bonds is 1. The third kappa shape index (κ3) is 1.44. The summed E-state index contributed by atoms with van der Waals surface area (Å²) in [4.78, 5) is 10.8. The highest BCUT2D eigenvalue weighted by Gasteiger charge is 2.53. The van der Waals surface area contributed by atoms with Gasteiger partial charge in [0.15, 0.2) is 5.79 Å². The van der Waals surface area contributed by atoms with Crippen LogP contribution in [0.5, 0.6) is 0 Å². The third-order valence-electron chi connectivity index (χ3n) is 2.79. The molecule has 2 aliphatic rings.